The number of fused-ring (bicyclic) bond motifs is 5. The van der Waals surface area contributed by atoms with Gasteiger partial charge in [0.15, 0.2) is 0 Å². The summed E-state index contributed by atoms with van der Waals surface area (Å²) in [4.78, 5) is 11.7. The van der Waals surface area contributed by atoms with Crippen LogP contribution < -0.4 is 0 Å². The number of hydrogen-bond donors (Lipinski definition) is 1. The van der Waals surface area contributed by atoms with Gasteiger partial charge in [0, 0.05) is 18.9 Å². The number of aliphatic hydroxyl groups excluding tert-OH is 1. The predicted molar refractivity (Wildman–Crippen MR) is 130 cm³/mol. The molecule has 0 aromatic rings. The summed E-state index contributed by atoms with van der Waals surface area (Å²) in [5.41, 5.74) is 0.482. The van der Waals surface area contributed by atoms with Crippen LogP contribution in [0, 0.1) is 52.3 Å². The van der Waals surface area contributed by atoms with Crippen LogP contribution in [0.5, 0.6) is 0 Å². The van der Waals surface area contributed by atoms with Crippen molar-refractivity contribution in [1.29, 1.82) is 0 Å². The van der Waals surface area contributed by atoms with E-state index in [2.05, 4.69) is 27.7 Å². The summed E-state index contributed by atoms with van der Waals surface area (Å²) in [5.74, 6) is 5.22. The van der Waals surface area contributed by atoms with Gasteiger partial charge in [0.05, 0.1) is 0 Å². The van der Waals surface area contributed by atoms with Gasteiger partial charge in [-0.15, -0.1) is 0 Å². The minimum Gasteiger partial charge on any atom is -0.463 e. The lowest BCUT2D eigenvalue weighted by Gasteiger charge is -2.62. The van der Waals surface area contributed by atoms with Crippen LogP contribution in [0.2, 0.25) is 0 Å². The van der Waals surface area contributed by atoms with Gasteiger partial charge in [-0.1, -0.05) is 47.0 Å². The molecule has 4 saturated carbocycles. The standard InChI is InChI=1S/C29H50O3/c1-19(2)7-6-8-20(3)25-13-14-26-24-12-10-22-9-11-23(32-21(4)31)17-29(22,18-30)27(24)15-16-28(25,26)5/h19-20,22-27,30H,6-18H2,1-5H3/t20-,22-,23+,24+,25-,26+,27+,28-,29-/m1/s1. The first-order valence-corrected chi connectivity index (χ1v) is 14.0. The van der Waals surface area contributed by atoms with Crippen molar-refractivity contribution in [3.8, 4) is 0 Å². The van der Waals surface area contributed by atoms with E-state index < -0.39 is 0 Å². The number of rotatable bonds is 7. The summed E-state index contributed by atoms with van der Waals surface area (Å²) in [6, 6.07) is 0. The minimum atomic E-state index is -0.157. The molecule has 0 amide bonds. The molecule has 0 aromatic carbocycles. The zero-order valence-corrected chi connectivity index (χ0v) is 21.6. The van der Waals surface area contributed by atoms with Gasteiger partial charge in [-0.25, -0.2) is 0 Å². The number of hydrogen-bond acceptors (Lipinski definition) is 3. The molecule has 0 bridgehead atoms. The molecule has 4 fully saturated rings. The molecule has 4 aliphatic carbocycles. The fourth-order valence-corrected chi connectivity index (χ4v) is 9.72. The maximum absolute atomic E-state index is 11.7. The zero-order valence-electron chi connectivity index (χ0n) is 21.6. The van der Waals surface area contributed by atoms with Crippen LogP contribution in [-0.2, 0) is 9.53 Å². The fourth-order valence-electron chi connectivity index (χ4n) is 9.72. The van der Waals surface area contributed by atoms with E-state index in [9.17, 15) is 9.90 Å². The monoisotopic (exact) mass is 446 g/mol. The number of aliphatic hydroxyl groups is 1. The van der Waals surface area contributed by atoms with Gasteiger partial charge in [0.25, 0.3) is 0 Å². The van der Waals surface area contributed by atoms with Crippen molar-refractivity contribution in [2.24, 2.45) is 52.3 Å². The zero-order chi connectivity index (χ0) is 23.1. The Hall–Kier alpha value is -0.570. The van der Waals surface area contributed by atoms with Crippen LogP contribution >= 0.6 is 0 Å². The second-order valence-electron chi connectivity index (χ2n) is 13.1. The van der Waals surface area contributed by atoms with E-state index in [-0.39, 0.29) is 24.1 Å². The van der Waals surface area contributed by atoms with E-state index in [0.717, 1.165) is 48.9 Å². The molecule has 1 N–H and O–H groups in total. The molecular formula is C29H50O3. The molecule has 184 valence electrons. The second kappa shape index (κ2) is 9.59. The lowest BCUT2D eigenvalue weighted by atomic mass is 9.44. The third-order valence-electron chi connectivity index (χ3n) is 11.1. The summed E-state index contributed by atoms with van der Waals surface area (Å²) >= 11 is 0. The van der Waals surface area contributed by atoms with Crippen LogP contribution in [-0.4, -0.2) is 23.8 Å². The predicted octanol–water partition coefficient (Wildman–Crippen LogP) is 7.01. The highest BCUT2D eigenvalue weighted by Crippen LogP contribution is 2.68. The maximum atomic E-state index is 11.7. The third-order valence-corrected chi connectivity index (χ3v) is 11.1. The normalized spacial score (nSPS) is 44.5. The molecule has 0 saturated heterocycles. The first-order chi connectivity index (χ1) is 15.2. The van der Waals surface area contributed by atoms with E-state index >= 15 is 0 Å². The highest BCUT2D eigenvalue weighted by Gasteiger charge is 2.62. The van der Waals surface area contributed by atoms with Crippen LogP contribution in [0.1, 0.15) is 112 Å². The molecule has 0 heterocycles. The molecule has 3 heteroatoms. The topological polar surface area (TPSA) is 46.5 Å². The van der Waals surface area contributed by atoms with Gasteiger partial charge < -0.3 is 9.84 Å². The number of esters is 1. The van der Waals surface area contributed by atoms with Gasteiger partial charge in [0.2, 0.25) is 0 Å². The second-order valence-corrected chi connectivity index (χ2v) is 13.1. The molecule has 32 heavy (non-hydrogen) atoms. The van der Waals surface area contributed by atoms with Crippen LogP contribution in [0.3, 0.4) is 0 Å². The van der Waals surface area contributed by atoms with Gasteiger partial charge in [-0.05, 0) is 105 Å². The Kier molecular flexibility index (Phi) is 7.36. The largest absolute Gasteiger partial charge is 0.463 e. The summed E-state index contributed by atoms with van der Waals surface area (Å²) in [5, 5.41) is 10.8. The Morgan fingerprint density at radius 3 is 2.44 bits per heavy atom. The Morgan fingerprint density at radius 1 is 1.00 bits per heavy atom. The molecule has 0 unspecified atom stereocenters. The first-order valence-electron chi connectivity index (χ1n) is 14.0. The molecule has 0 aliphatic heterocycles. The summed E-state index contributed by atoms with van der Waals surface area (Å²) < 4.78 is 5.71. The van der Waals surface area contributed by atoms with Crippen molar-refractivity contribution >= 4 is 5.97 Å². The number of carbonyl (C=O) groups excluding carboxylic acids is 1. The quantitative estimate of drug-likeness (QED) is 0.428. The summed E-state index contributed by atoms with van der Waals surface area (Å²) in [6.07, 6.45) is 15.2. The van der Waals surface area contributed by atoms with Gasteiger partial charge in [0.1, 0.15) is 6.10 Å². The molecule has 4 rings (SSSR count). The Labute approximate surface area is 197 Å². The highest BCUT2D eigenvalue weighted by atomic mass is 16.5. The average Bonchev–Trinajstić information content (AvgIpc) is 3.09. The SMILES string of the molecule is CC(=O)O[C@H]1CC[C@@H]2CC[C@H]3[C@@H]4CC[C@H]([C@H](C)CCCC(C)C)[C@@]4(C)CC[C@@H]3[C@@]2(CO)C1. The molecule has 3 nitrogen and oxygen atoms in total. The molecular weight excluding hydrogens is 396 g/mol. The molecule has 9 atom stereocenters. The number of ether oxygens (including phenoxy) is 1. The Morgan fingerprint density at radius 2 is 1.75 bits per heavy atom. The van der Waals surface area contributed by atoms with Crippen molar-refractivity contribution in [2.45, 2.75) is 118 Å². The van der Waals surface area contributed by atoms with E-state index in [1.165, 1.54) is 64.7 Å². The van der Waals surface area contributed by atoms with Crippen LogP contribution in [0.4, 0.5) is 0 Å². The molecule has 4 aliphatic rings. The first kappa shape index (κ1) is 24.6. The molecule has 0 spiro atoms. The minimum absolute atomic E-state index is 0.0103. The summed E-state index contributed by atoms with van der Waals surface area (Å²) in [6.45, 7) is 11.7. The number of carbonyl (C=O) groups is 1. The van der Waals surface area contributed by atoms with Crippen LogP contribution in [0.15, 0.2) is 0 Å². The lowest BCUT2D eigenvalue weighted by Crippen LogP contribution is -2.57. The van der Waals surface area contributed by atoms with Crippen molar-refractivity contribution in [2.75, 3.05) is 6.61 Å². The van der Waals surface area contributed by atoms with E-state index in [4.69, 9.17) is 4.74 Å². The summed E-state index contributed by atoms with van der Waals surface area (Å²) in [7, 11) is 0. The van der Waals surface area contributed by atoms with Crippen molar-refractivity contribution in [3.05, 3.63) is 0 Å². The van der Waals surface area contributed by atoms with Crippen molar-refractivity contribution in [3.63, 3.8) is 0 Å². The van der Waals surface area contributed by atoms with Gasteiger partial charge in [-0.2, -0.15) is 0 Å². The van der Waals surface area contributed by atoms with Crippen molar-refractivity contribution < 1.29 is 14.6 Å². The van der Waals surface area contributed by atoms with E-state index in [1.807, 2.05) is 0 Å². The maximum Gasteiger partial charge on any atom is 0.302 e. The average molecular weight is 447 g/mol. The Balaban J connectivity index is 1.50. The third kappa shape index (κ3) is 4.29. The van der Waals surface area contributed by atoms with E-state index in [0.29, 0.717) is 17.3 Å². The van der Waals surface area contributed by atoms with Crippen molar-refractivity contribution in [1.82, 2.24) is 0 Å². The van der Waals surface area contributed by atoms with Gasteiger partial charge in [-0.3, -0.25) is 4.79 Å². The van der Waals surface area contributed by atoms with Crippen LogP contribution in [0.25, 0.3) is 0 Å². The Bertz CT molecular complexity index is 659. The van der Waals surface area contributed by atoms with E-state index in [1.54, 1.807) is 0 Å². The molecule has 0 aromatic heterocycles. The fraction of sp³-hybridized carbons (Fsp3) is 0.966. The molecule has 0 radical (unpaired) electrons. The van der Waals surface area contributed by atoms with Gasteiger partial charge >= 0.3 is 5.97 Å². The lowest BCUT2D eigenvalue weighted by molar-refractivity contribution is -0.175. The highest BCUT2D eigenvalue weighted by molar-refractivity contribution is 5.66. The smallest absolute Gasteiger partial charge is 0.302 e.